The molecule has 3 aromatic rings. The number of sulfonamides is 1. The smallest absolute Gasteiger partial charge is 0.316 e. The third kappa shape index (κ3) is 7.58. The predicted molar refractivity (Wildman–Crippen MR) is 133 cm³/mol. The molecule has 0 aromatic heterocycles. The van der Waals surface area contributed by atoms with Crippen LogP contribution in [0.25, 0.3) is 0 Å². The van der Waals surface area contributed by atoms with E-state index in [-0.39, 0.29) is 36.1 Å². The van der Waals surface area contributed by atoms with Gasteiger partial charge in [-0.05, 0) is 17.2 Å². The number of benzene rings is 3. The maximum atomic E-state index is 11.7. The minimum atomic E-state index is -3.63. The summed E-state index contributed by atoms with van der Waals surface area (Å²) in [4.78, 5) is 22.7. The fourth-order valence-corrected chi connectivity index (χ4v) is 5.86. The van der Waals surface area contributed by atoms with Crippen molar-refractivity contribution in [2.75, 3.05) is 23.7 Å². The van der Waals surface area contributed by atoms with Gasteiger partial charge in [0, 0.05) is 12.1 Å². The van der Waals surface area contributed by atoms with Gasteiger partial charge < -0.3 is 4.74 Å². The number of rotatable bonds is 12. The molecule has 1 unspecified atom stereocenters. The molecule has 1 atom stereocenters. The van der Waals surface area contributed by atoms with E-state index in [9.17, 15) is 23.4 Å². The number of nitro groups is 1. The summed E-state index contributed by atoms with van der Waals surface area (Å²) in [5.74, 6) is 0. The minimum Gasteiger partial charge on any atom is -0.373 e. The zero-order valence-corrected chi connectivity index (χ0v) is 20.2. The van der Waals surface area contributed by atoms with Crippen LogP contribution >= 0.6 is 7.72 Å². The zero-order chi connectivity index (χ0) is 24.6. The number of nitro benzene ring substituents is 1. The molecule has 0 spiro atoms. The summed E-state index contributed by atoms with van der Waals surface area (Å²) in [5, 5.41) is 11.7. The maximum Gasteiger partial charge on any atom is 0.316 e. The Labute approximate surface area is 199 Å². The van der Waals surface area contributed by atoms with Crippen molar-refractivity contribution in [1.82, 2.24) is 0 Å². The summed E-state index contributed by atoms with van der Waals surface area (Å²) in [6.45, 7) is 0.400. The topological polar surface area (TPSA) is 128 Å². The molecule has 9 nitrogen and oxygen atoms in total. The molecule has 3 aromatic carbocycles. The molecule has 0 aliphatic heterocycles. The van der Waals surface area contributed by atoms with Gasteiger partial charge in [-0.25, -0.2) is 13.3 Å². The number of hydrogen-bond acceptors (Lipinski definition) is 7. The molecule has 0 aliphatic rings. The van der Waals surface area contributed by atoms with Crippen LogP contribution in [0.4, 0.5) is 11.4 Å². The molecule has 0 fully saturated rings. The van der Waals surface area contributed by atoms with E-state index in [1.807, 2.05) is 60.7 Å². The maximum absolute atomic E-state index is 11.7. The van der Waals surface area contributed by atoms with Gasteiger partial charge >= 0.3 is 13.4 Å². The molecule has 11 heteroatoms. The molecule has 180 valence electrons. The van der Waals surface area contributed by atoms with Crippen LogP contribution in [-0.2, 0) is 32.5 Å². The molecule has 0 saturated carbocycles. The van der Waals surface area contributed by atoms with Crippen LogP contribution in [0.5, 0.6) is 0 Å². The Bertz CT molecular complexity index is 1210. The normalized spacial score (nSPS) is 13.2. The quantitative estimate of drug-likeness (QED) is 0.166. The molecule has 0 heterocycles. The van der Waals surface area contributed by atoms with Crippen LogP contribution in [-0.4, -0.2) is 37.3 Å². The van der Waals surface area contributed by atoms with Gasteiger partial charge in [-0.15, -0.1) is 0 Å². The molecule has 3 rings (SSSR count). The van der Waals surface area contributed by atoms with Gasteiger partial charge in [0.25, 0.3) is 0 Å². The van der Waals surface area contributed by atoms with Crippen LogP contribution in [0.1, 0.15) is 11.1 Å². The van der Waals surface area contributed by atoms with Crippen LogP contribution in [0, 0.1) is 10.1 Å². The first-order chi connectivity index (χ1) is 16.2. The Balaban J connectivity index is 1.89. The van der Waals surface area contributed by atoms with E-state index in [1.165, 1.54) is 12.1 Å². The molecule has 2 N–H and O–H groups in total. The van der Waals surface area contributed by atoms with Crippen LogP contribution in [0.3, 0.4) is 0 Å². The Kier molecular flexibility index (Phi) is 8.71. The fraction of sp³-hybridized carbons (Fsp3) is 0.217. The van der Waals surface area contributed by atoms with E-state index in [1.54, 1.807) is 0 Å². The third-order valence-corrected chi connectivity index (χ3v) is 7.85. The second-order valence-electron chi connectivity index (χ2n) is 7.56. The number of nitrogens with zero attached hydrogens (tertiary/aromatic N) is 1. The van der Waals surface area contributed by atoms with Gasteiger partial charge in [0.15, 0.2) is 0 Å². The lowest BCUT2D eigenvalue weighted by Crippen LogP contribution is -2.23. The Hall–Kier alpha value is -2.88. The van der Waals surface area contributed by atoms with E-state index < -0.39 is 22.7 Å². The van der Waals surface area contributed by atoms with Crippen molar-refractivity contribution in [2.45, 2.75) is 13.2 Å². The second kappa shape index (κ2) is 11.5. The Morgan fingerprint density at radius 1 is 0.971 bits per heavy atom. The summed E-state index contributed by atoms with van der Waals surface area (Å²) in [7, 11) is -7.23. The average molecular weight is 506 g/mol. The Morgan fingerprint density at radius 3 is 2.12 bits per heavy atom. The zero-order valence-electron chi connectivity index (χ0n) is 18.5. The molecule has 34 heavy (non-hydrogen) atoms. The van der Waals surface area contributed by atoms with Crippen molar-refractivity contribution < 1.29 is 27.5 Å². The summed E-state index contributed by atoms with van der Waals surface area (Å²) >= 11 is 0. The van der Waals surface area contributed by atoms with Crippen LogP contribution < -0.4 is 10.0 Å². The molecule has 0 saturated heterocycles. The average Bonchev–Trinajstić information content (AvgIpc) is 2.81. The van der Waals surface area contributed by atoms with Gasteiger partial charge in [0.2, 0.25) is 15.3 Å². The first kappa shape index (κ1) is 25.7. The second-order valence-corrected chi connectivity index (χ2v) is 11.9. The highest BCUT2D eigenvalue weighted by Gasteiger charge is 2.47. The monoisotopic (exact) mass is 505 g/mol. The highest BCUT2D eigenvalue weighted by atomic mass is 32.2. The van der Waals surface area contributed by atoms with Crippen molar-refractivity contribution in [1.29, 1.82) is 0 Å². The van der Waals surface area contributed by atoms with Crippen molar-refractivity contribution in [3.05, 3.63) is 100 Å². The van der Waals surface area contributed by atoms with Crippen molar-refractivity contribution in [3.8, 4) is 0 Å². The first-order valence-corrected chi connectivity index (χ1v) is 14.1. The third-order valence-electron chi connectivity index (χ3n) is 4.79. The number of ether oxygens (including phenoxy) is 1. The fourth-order valence-electron chi connectivity index (χ4n) is 3.20. The van der Waals surface area contributed by atoms with Gasteiger partial charge in [0.1, 0.15) is 12.8 Å². The van der Waals surface area contributed by atoms with Gasteiger partial charge in [0.05, 0.1) is 30.1 Å². The minimum absolute atomic E-state index is 0.0180. The molecule has 0 amide bonds. The Morgan fingerprint density at radius 2 is 1.56 bits per heavy atom. The molecule has 0 aliphatic carbocycles. The van der Waals surface area contributed by atoms with E-state index in [2.05, 4.69) is 4.72 Å². The lowest BCUT2D eigenvalue weighted by atomic mass is 10.2. The van der Waals surface area contributed by atoms with Crippen molar-refractivity contribution in [3.63, 3.8) is 0 Å². The summed E-state index contributed by atoms with van der Waals surface area (Å²) in [6.07, 6.45) is 0.953. The SMILES string of the molecule is CS(=O)(=O)Nc1ccc([N+](=O)[O-])c([P+](O)(CCOCc2ccccc2)OCc2ccccc2)c1. The first-order valence-electron chi connectivity index (χ1n) is 10.3. The number of hydrogen-bond donors (Lipinski definition) is 2. The van der Waals surface area contributed by atoms with E-state index in [0.717, 1.165) is 23.4 Å². The van der Waals surface area contributed by atoms with Gasteiger partial charge in [-0.3, -0.25) is 14.8 Å². The molecule has 0 bridgehead atoms. The van der Waals surface area contributed by atoms with Crippen molar-refractivity contribution in [2.24, 2.45) is 0 Å². The van der Waals surface area contributed by atoms with Gasteiger partial charge in [-0.1, -0.05) is 60.7 Å². The lowest BCUT2D eigenvalue weighted by Gasteiger charge is -2.19. The highest BCUT2D eigenvalue weighted by Crippen LogP contribution is 2.57. The summed E-state index contributed by atoms with van der Waals surface area (Å²) in [5.41, 5.74) is 1.46. The predicted octanol–water partition coefficient (Wildman–Crippen LogP) is 3.87. The number of anilines is 1. The van der Waals surface area contributed by atoms with E-state index in [4.69, 9.17) is 9.26 Å². The highest BCUT2D eigenvalue weighted by molar-refractivity contribution is 7.92. The molecular formula is C23H26N2O7PS+. The summed E-state index contributed by atoms with van der Waals surface area (Å²) < 4.78 is 37.3. The lowest BCUT2D eigenvalue weighted by molar-refractivity contribution is -0.383. The van der Waals surface area contributed by atoms with Crippen molar-refractivity contribution >= 4 is 34.4 Å². The van der Waals surface area contributed by atoms with Crippen LogP contribution in [0.2, 0.25) is 0 Å². The van der Waals surface area contributed by atoms with E-state index >= 15 is 0 Å². The molecular weight excluding hydrogens is 479 g/mol. The van der Waals surface area contributed by atoms with E-state index in [0.29, 0.717) is 6.61 Å². The van der Waals surface area contributed by atoms with Crippen LogP contribution in [0.15, 0.2) is 78.9 Å². The van der Waals surface area contributed by atoms with Gasteiger partial charge in [-0.2, -0.15) is 4.52 Å². The number of nitrogens with one attached hydrogen (secondary N) is 1. The standard InChI is InChI=1S/C23H26N2O7PS/c1-34(29,30)24-21-12-13-22(25(26)27)23(16-21)33(28,32-18-20-10-6-3-7-11-20)15-14-31-17-19-8-4-2-5-9-19/h2-13,16,24,28H,14-15,17-18H2,1H3/q+1. The largest absolute Gasteiger partial charge is 0.373 e. The molecule has 0 radical (unpaired) electrons. The summed E-state index contributed by atoms with van der Waals surface area (Å²) in [6, 6.07) is 22.3.